The Labute approximate surface area is 144 Å². The molecule has 0 atom stereocenters. The van der Waals surface area contributed by atoms with E-state index in [9.17, 15) is 0 Å². The van der Waals surface area contributed by atoms with Crippen molar-refractivity contribution in [2.24, 2.45) is 0 Å². The standard InChI is InChI=1S/C18H17N7/c1-2-8-19-14(3-1)6-9-20-17-7-10-21-18(24-17)23-15-5-4-13-12-22-25-16(13)11-15/h1-5,7-8,10-12H,6,9H2,(H,22,25)(H2,20,21,23,24). The van der Waals surface area contributed by atoms with Gasteiger partial charge in [0.05, 0.1) is 11.7 Å². The first-order valence-corrected chi connectivity index (χ1v) is 8.04. The maximum atomic E-state index is 4.49. The minimum Gasteiger partial charge on any atom is -0.370 e. The van der Waals surface area contributed by atoms with Crippen molar-refractivity contribution in [1.29, 1.82) is 0 Å². The van der Waals surface area contributed by atoms with Crippen LogP contribution in [-0.4, -0.2) is 31.7 Å². The SMILES string of the molecule is c1ccc(CCNc2ccnc(Nc3ccc4cn[nH]c4c3)n2)nc1. The molecule has 0 aliphatic rings. The van der Waals surface area contributed by atoms with Crippen LogP contribution >= 0.6 is 0 Å². The zero-order chi connectivity index (χ0) is 16.9. The molecule has 124 valence electrons. The summed E-state index contributed by atoms with van der Waals surface area (Å²) in [6.07, 6.45) is 6.16. The van der Waals surface area contributed by atoms with Crippen LogP contribution in [0.2, 0.25) is 0 Å². The molecular formula is C18H17N7. The third-order valence-corrected chi connectivity index (χ3v) is 3.77. The van der Waals surface area contributed by atoms with E-state index in [1.807, 2.05) is 42.5 Å². The number of H-pyrrole nitrogens is 1. The van der Waals surface area contributed by atoms with Crippen LogP contribution in [0.4, 0.5) is 17.5 Å². The van der Waals surface area contributed by atoms with Gasteiger partial charge >= 0.3 is 0 Å². The molecule has 4 aromatic rings. The Kier molecular flexibility index (Phi) is 4.20. The van der Waals surface area contributed by atoms with Gasteiger partial charge in [0, 0.05) is 42.1 Å². The van der Waals surface area contributed by atoms with E-state index in [-0.39, 0.29) is 0 Å². The third kappa shape index (κ3) is 3.72. The van der Waals surface area contributed by atoms with Gasteiger partial charge in [0.2, 0.25) is 5.95 Å². The van der Waals surface area contributed by atoms with Crippen LogP contribution in [0.5, 0.6) is 0 Å². The summed E-state index contributed by atoms with van der Waals surface area (Å²) in [7, 11) is 0. The van der Waals surface area contributed by atoms with Gasteiger partial charge in [-0.05, 0) is 36.4 Å². The Morgan fingerprint density at radius 1 is 1.00 bits per heavy atom. The van der Waals surface area contributed by atoms with Gasteiger partial charge in [-0.25, -0.2) is 4.98 Å². The lowest BCUT2D eigenvalue weighted by molar-refractivity contribution is 0.951. The highest BCUT2D eigenvalue weighted by atomic mass is 15.1. The number of aromatic nitrogens is 5. The number of aromatic amines is 1. The molecular weight excluding hydrogens is 314 g/mol. The van der Waals surface area contributed by atoms with Crippen molar-refractivity contribution in [3.05, 3.63) is 66.7 Å². The lowest BCUT2D eigenvalue weighted by Gasteiger charge is -2.08. The minimum absolute atomic E-state index is 0.543. The quantitative estimate of drug-likeness (QED) is 0.503. The topological polar surface area (TPSA) is 91.4 Å². The summed E-state index contributed by atoms with van der Waals surface area (Å²) < 4.78 is 0. The van der Waals surface area contributed by atoms with Gasteiger partial charge in [-0.2, -0.15) is 10.1 Å². The van der Waals surface area contributed by atoms with Crippen LogP contribution in [0.3, 0.4) is 0 Å². The summed E-state index contributed by atoms with van der Waals surface area (Å²) in [5.74, 6) is 1.32. The normalized spacial score (nSPS) is 10.7. The Bertz CT molecular complexity index is 965. The van der Waals surface area contributed by atoms with Crippen molar-refractivity contribution < 1.29 is 0 Å². The molecule has 4 rings (SSSR count). The summed E-state index contributed by atoms with van der Waals surface area (Å²) in [6.45, 7) is 0.758. The lowest BCUT2D eigenvalue weighted by Crippen LogP contribution is -2.08. The zero-order valence-electron chi connectivity index (χ0n) is 13.5. The number of hydrogen-bond acceptors (Lipinski definition) is 6. The van der Waals surface area contributed by atoms with Gasteiger partial charge in [0.25, 0.3) is 0 Å². The number of pyridine rings is 1. The third-order valence-electron chi connectivity index (χ3n) is 3.77. The molecule has 0 spiro atoms. The maximum Gasteiger partial charge on any atom is 0.229 e. The fraction of sp³-hybridized carbons (Fsp3) is 0.111. The average Bonchev–Trinajstić information content (AvgIpc) is 3.11. The van der Waals surface area contributed by atoms with E-state index in [4.69, 9.17) is 0 Å². The van der Waals surface area contributed by atoms with Gasteiger partial charge in [0.15, 0.2) is 0 Å². The van der Waals surface area contributed by atoms with Crippen LogP contribution in [-0.2, 0) is 6.42 Å². The van der Waals surface area contributed by atoms with Crippen molar-refractivity contribution in [1.82, 2.24) is 25.1 Å². The first kappa shape index (κ1) is 15.1. The van der Waals surface area contributed by atoms with Gasteiger partial charge in [-0.1, -0.05) is 6.07 Å². The van der Waals surface area contributed by atoms with Gasteiger partial charge in [-0.3, -0.25) is 10.1 Å². The van der Waals surface area contributed by atoms with Crippen LogP contribution in [0, 0.1) is 0 Å². The second kappa shape index (κ2) is 6.96. The second-order valence-corrected chi connectivity index (χ2v) is 5.56. The molecule has 3 N–H and O–H groups in total. The first-order chi connectivity index (χ1) is 12.4. The van der Waals surface area contributed by atoms with E-state index in [1.165, 1.54) is 0 Å². The molecule has 0 aliphatic heterocycles. The zero-order valence-corrected chi connectivity index (χ0v) is 13.5. The summed E-state index contributed by atoms with van der Waals surface area (Å²) in [5, 5.41) is 14.6. The first-order valence-electron chi connectivity index (χ1n) is 8.04. The number of nitrogens with zero attached hydrogens (tertiary/aromatic N) is 4. The number of fused-ring (bicyclic) bond motifs is 1. The maximum absolute atomic E-state index is 4.49. The highest BCUT2D eigenvalue weighted by molar-refractivity contribution is 5.82. The monoisotopic (exact) mass is 331 g/mol. The fourth-order valence-corrected chi connectivity index (χ4v) is 2.53. The predicted octanol–water partition coefficient (Wildman–Crippen LogP) is 3.15. The molecule has 0 bridgehead atoms. The van der Waals surface area contributed by atoms with Crippen molar-refractivity contribution >= 4 is 28.4 Å². The lowest BCUT2D eigenvalue weighted by atomic mass is 10.2. The molecule has 3 aromatic heterocycles. The van der Waals surface area contributed by atoms with E-state index < -0.39 is 0 Å². The molecule has 1 aromatic carbocycles. The van der Waals surface area contributed by atoms with E-state index in [2.05, 4.69) is 35.8 Å². The van der Waals surface area contributed by atoms with Crippen LogP contribution in [0.15, 0.2) is 61.1 Å². The van der Waals surface area contributed by atoms with Crippen LogP contribution < -0.4 is 10.6 Å². The van der Waals surface area contributed by atoms with E-state index in [0.29, 0.717) is 5.95 Å². The van der Waals surface area contributed by atoms with Crippen molar-refractivity contribution in [3.8, 4) is 0 Å². The highest BCUT2D eigenvalue weighted by Gasteiger charge is 2.02. The van der Waals surface area contributed by atoms with Crippen LogP contribution in [0.1, 0.15) is 5.69 Å². The molecule has 0 fully saturated rings. The molecule has 0 amide bonds. The second-order valence-electron chi connectivity index (χ2n) is 5.56. The molecule has 0 saturated heterocycles. The molecule has 3 heterocycles. The van der Waals surface area contributed by atoms with Crippen LogP contribution in [0.25, 0.3) is 10.9 Å². The highest BCUT2D eigenvalue weighted by Crippen LogP contribution is 2.19. The van der Waals surface area contributed by atoms with E-state index in [1.54, 1.807) is 18.6 Å². The van der Waals surface area contributed by atoms with Crippen molar-refractivity contribution in [2.45, 2.75) is 6.42 Å². The number of benzene rings is 1. The van der Waals surface area contributed by atoms with Gasteiger partial charge in [0.1, 0.15) is 5.82 Å². The number of rotatable bonds is 6. The summed E-state index contributed by atoms with van der Waals surface area (Å²) in [5.41, 5.74) is 2.92. The van der Waals surface area contributed by atoms with E-state index in [0.717, 1.165) is 41.1 Å². The fourth-order valence-electron chi connectivity index (χ4n) is 2.53. The largest absolute Gasteiger partial charge is 0.370 e. The number of anilines is 3. The van der Waals surface area contributed by atoms with Crippen molar-refractivity contribution in [3.63, 3.8) is 0 Å². The molecule has 7 nitrogen and oxygen atoms in total. The summed E-state index contributed by atoms with van der Waals surface area (Å²) in [6, 6.07) is 13.7. The average molecular weight is 331 g/mol. The smallest absolute Gasteiger partial charge is 0.229 e. The molecule has 0 saturated carbocycles. The molecule has 0 unspecified atom stereocenters. The van der Waals surface area contributed by atoms with E-state index >= 15 is 0 Å². The Morgan fingerprint density at radius 2 is 2.00 bits per heavy atom. The molecule has 0 aliphatic carbocycles. The summed E-state index contributed by atoms with van der Waals surface area (Å²) >= 11 is 0. The van der Waals surface area contributed by atoms with Gasteiger partial charge < -0.3 is 10.6 Å². The predicted molar refractivity (Wildman–Crippen MR) is 97.8 cm³/mol. The number of nitrogens with one attached hydrogen (secondary N) is 3. The molecule has 7 heteroatoms. The Hall–Kier alpha value is -3.48. The molecule has 25 heavy (non-hydrogen) atoms. The van der Waals surface area contributed by atoms with Crippen molar-refractivity contribution in [2.75, 3.05) is 17.2 Å². The number of hydrogen-bond donors (Lipinski definition) is 3. The Morgan fingerprint density at radius 3 is 2.92 bits per heavy atom. The molecule has 0 radical (unpaired) electrons. The summed E-state index contributed by atoms with van der Waals surface area (Å²) in [4.78, 5) is 13.1. The Balaban J connectivity index is 1.40. The minimum atomic E-state index is 0.543. The van der Waals surface area contributed by atoms with Gasteiger partial charge in [-0.15, -0.1) is 0 Å².